The fourth-order valence-electron chi connectivity index (χ4n) is 1.58. The van der Waals surface area contributed by atoms with Crippen molar-refractivity contribution < 1.29 is 9.47 Å². The first-order valence-corrected chi connectivity index (χ1v) is 5.00. The van der Waals surface area contributed by atoms with E-state index in [4.69, 9.17) is 9.47 Å². The van der Waals surface area contributed by atoms with Crippen LogP contribution in [0.1, 0.15) is 18.4 Å². The molecule has 1 saturated heterocycles. The molecule has 0 aliphatic carbocycles. The smallest absolute Gasteiger partial charge is 0.138 e. The van der Waals surface area contributed by atoms with E-state index in [9.17, 15) is 0 Å². The number of aryl methyl sites for hydroxylation is 1. The summed E-state index contributed by atoms with van der Waals surface area (Å²) in [5, 5.41) is 0. The molecule has 1 aromatic rings. The highest BCUT2D eigenvalue weighted by atomic mass is 16.5. The zero-order valence-corrected chi connectivity index (χ0v) is 8.40. The van der Waals surface area contributed by atoms with Crippen LogP contribution in [0.3, 0.4) is 0 Å². The van der Waals surface area contributed by atoms with Gasteiger partial charge in [0.25, 0.3) is 0 Å². The largest absolute Gasteiger partial charge is 0.489 e. The van der Waals surface area contributed by atoms with Gasteiger partial charge in [0.1, 0.15) is 11.9 Å². The van der Waals surface area contributed by atoms with Crippen LogP contribution in [0.15, 0.2) is 18.5 Å². The number of nitrogens with zero attached hydrogens (tertiary/aromatic N) is 1. The average molecular weight is 193 g/mol. The maximum atomic E-state index is 5.79. The lowest BCUT2D eigenvalue weighted by atomic mass is 10.1. The normalized spacial score (nSPS) is 18.1. The summed E-state index contributed by atoms with van der Waals surface area (Å²) in [5.74, 6) is 0.872. The van der Waals surface area contributed by atoms with Crippen molar-refractivity contribution in [1.82, 2.24) is 4.98 Å². The minimum Gasteiger partial charge on any atom is -0.489 e. The summed E-state index contributed by atoms with van der Waals surface area (Å²) in [6.45, 7) is 3.64. The molecule has 14 heavy (non-hydrogen) atoms. The first kappa shape index (κ1) is 9.46. The third kappa shape index (κ3) is 2.45. The fourth-order valence-corrected chi connectivity index (χ4v) is 1.58. The van der Waals surface area contributed by atoms with E-state index in [0.29, 0.717) is 6.10 Å². The fraction of sp³-hybridized carbons (Fsp3) is 0.545. The highest BCUT2D eigenvalue weighted by molar-refractivity contribution is 5.22. The Bertz CT molecular complexity index is 295. The summed E-state index contributed by atoms with van der Waals surface area (Å²) in [6.07, 6.45) is 5.86. The molecule has 1 fully saturated rings. The third-order valence-electron chi connectivity index (χ3n) is 2.32. The standard InChI is InChI=1S/C11H15NO2/c1-9-6-11(8-12-7-9)14-10-2-4-13-5-3-10/h6-8,10H,2-5H2,1H3. The molecule has 0 spiro atoms. The van der Waals surface area contributed by atoms with Crippen LogP contribution in [0.25, 0.3) is 0 Å². The molecular weight excluding hydrogens is 178 g/mol. The zero-order valence-electron chi connectivity index (χ0n) is 8.40. The van der Waals surface area contributed by atoms with Crippen molar-refractivity contribution in [3.63, 3.8) is 0 Å². The van der Waals surface area contributed by atoms with Crippen LogP contribution in [-0.4, -0.2) is 24.3 Å². The van der Waals surface area contributed by atoms with Crippen molar-refractivity contribution in [2.45, 2.75) is 25.9 Å². The molecule has 0 aromatic carbocycles. The molecule has 0 saturated carbocycles. The van der Waals surface area contributed by atoms with Crippen LogP contribution in [0.5, 0.6) is 5.75 Å². The van der Waals surface area contributed by atoms with E-state index in [2.05, 4.69) is 4.98 Å². The maximum Gasteiger partial charge on any atom is 0.138 e. The molecule has 0 atom stereocenters. The predicted molar refractivity (Wildman–Crippen MR) is 53.4 cm³/mol. The van der Waals surface area contributed by atoms with E-state index in [-0.39, 0.29) is 0 Å². The maximum absolute atomic E-state index is 5.79. The monoisotopic (exact) mass is 193 g/mol. The van der Waals surface area contributed by atoms with Gasteiger partial charge in [-0.15, -0.1) is 0 Å². The van der Waals surface area contributed by atoms with E-state index in [0.717, 1.165) is 37.4 Å². The molecule has 2 rings (SSSR count). The Kier molecular flexibility index (Phi) is 2.99. The molecule has 76 valence electrons. The van der Waals surface area contributed by atoms with Gasteiger partial charge in [-0.1, -0.05) is 0 Å². The topological polar surface area (TPSA) is 31.4 Å². The summed E-state index contributed by atoms with van der Waals surface area (Å²) < 4.78 is 11.1. The molecule has 1 aromatic heterocycles. The quantitative estimate of drug-likeness (QED) is 0.719. The van der Waals surface area contributed by atoms with Crippen LogP contribution in [0.2, 0.25) is 0 Å². The number of ether oxygens (including phenoxy) is 2. The molecular formula is C11H15NO2. The van der Waals surface area contributed by atoms with Crippen LogP contribution in [-0.2, 0) is 4.74 Å². The second-order valence-electron chi connectivity index (χ2n) is 3.63. The third-order valence-corrected chi connectivity index (χ3v) is 2.32. The highest BCUT2D eigenvalue weighted by Crippen LogP contribution is 2.17. The Morgan fingerprint density at radius 2 is 2.14 bits per heavy atom. The molecule has 0 N–H and O–H groups in total. The number of hydrogen-bond acceptors (Lipinski definition) is 3. The summed E-state index contributed by atoms with van der Waals surface area (Å²) in [6, 6.07) is 2.02. The molecule has 2 heterocycles. The predicted octanol–water partition coefficient (Wildman–Crippen LogP) is 1.95. The molecule has 3 nitrogen and oxygen atoms in total. The van der Waals surface area contributed by atoms with Crippen LogP contribution < -0.4 is 4.74 Å². The Labute approximate surface area is 84.1 Å². The number of hydrogen-bond donors (Lipinski definition) is 0. The number of pyridine rings is 1. The Hall–Kier alpha value is -1.09. The number of rotatable bonds is 2. The van der Waals surface area contributed by atoms with E-state index in [1.807, 2.05) is 19.2 Å². The van der Waals surface area contributed by atoms with Gasteiger partial charge >= 0.3 is 0 Å². The van der Waals surface area contributed by atoms with Crippen LogP contribution >= 0.6 is 0 Å². The highest BCUT2D eigenvalue weighted by Gasteiger charge is 2.15. The van der Waals surface area contributed by atoms with Crippen molar-refractivity contribution in [2.24, 2.45) is 0 Å². The lowest BCUT2D eigenvalue weighted by Crippen LogP contribution is -2.25. The van der Waals surface area contributed by atoms with E-state index >= 15 is 0 Å². The summed E-state index contributed by atoms with van der Waals surface area (Å²) >= 11 is 0. The first-order chi connectivity index (χ1) is 6.84. The molecule has 0 amide bonds. The van der Waals surface area contributed by atoms with Gasteiger partial charge in [0.15, 0.2) is 0 Å². The Morgan fingerprint density at radius 1 is 1.36 bits per heavy atom. The second-order valence-corrected chi connectivity index (χ2v) is 3.63. The summed E-state index contributed by atoms with van der Waals surface area (Å²) in [4.78, 5) is 4.09. The Morgan fingerprint density at radius 3 is 2.86 bits per heavy atom. The molecule has 0 radical (unpaired) electrons. The summed E-state index contributed by atoms with van der Waals surface area (Å²) in [7, 11) is 0. The van der Waals surface area contributed by atoms with E-state index in [1.54, 1.807) is 6.20 Å². The van der Waals surface area contributed by atoms with Crippen LogP contribution in [0, 0.1) is 6.92 Å². The molecule has 1 aliphatic rings. The van der Waals surface area contributed by atoms with Crippen molar-refractivity contribution in [3.8, 4) is 5.75 Å². The lowest BCUT2D eigenvalue weighted by molar-refractivity contribution is 0.0254. The summed E-state index contributed by atoms with van der Waals surface area (Å²) in [5.41, 5.74) is 1.13. The van der Waals surface area contributed by atoms with Gasteiger partial charge < -0.3 is 9.47 Å². The van der Waals surface area contributed by atoms with Gasteiger partial charge in [0.2, 0.25) is 0 Å². The van der Waals surface area contributed by atoms with Crippen molar-refractivity contribution in [2.75, 3.05) is 13.2 Å². The minimum atomic E-state index is 0.298. The zero-order chi connectivity index (χ0) is 9.80. The Balaban J connectivity index is 1.95. The van der Waals surface area contributed by atoms with Crippen LogP contribution in [0.4, 0.5) is 0 Å². The van der Waals surface area contributed by atoms with Crippen molar-refractivity contribution in [3.05, 3.63) is 24.0 Å². The van der Waals surface area contributed by atoms with Gasteiger partial charge in [-0.25, -0.2) is 0 Å². The molecule has 1 aliphatic heterocycles. The lowest BCUT2D eigenvalue weighted by Gasteiger charge is -2.23. The molecule has 0 unspecified atom stereocenters. The number of aromatic nitrogens is 1. The second kappa shape index (κ2) is 4.42. The van der Waals surface area contributed by atoms with Gasteiger partial charge in [-0.3, -0.25) is 4.98 Å². The van der Waals surface area contributed by atoms with Gasteiger partial charge in [-0.2, -0.15) is 0 Å². The molecule has 0 bridgehead atoms. The van der Waals surface area contributed by atoms with Gasteiger partial charge in [0, 0.05) is 19.0 Å². The first-order valence-electron chi connectivity index (χ1n) is 5.00. The van der Waals surface area contributed by atoms with Crippen molar-refractivity contribution >= 4 is 0 Å². The molecule has 3 heteroatoms. The SMILES string of the molecule is Cc1cncc(OC2CCOCC2)c1. The van der Waals surface area contributed by atoms with E-state index < -0.39 is 0 Å². The van der Waals surface area contributed by atoms with Gasteiger partial charge in [-0.05, 0) is 18.6 Å². The average Bonchev–Trinajstić information content (AvgIpc) is 2.19. The minimum absolute atomic E-state index is 0.298. The van der Waals surface area contributed by atoms with Crippen molar-refractivity contribution in [1.29, 1.82) is 0 Å². The van der Waals surface area contributed by atoms with E-state index in [1.165, 1.54) is 0 Å². The van der Waals surface area contributed by atoms with Gasteiger partial charge in [0.05, 0.1) is 19.4 Å².